The Morgan fingerprint density at radius 1 is 1.44 bits per heavy atom. The summed E-state index contributed by atoms with van der Waals surface area (Å²) in [7, 11) is 1.73. The van der Waals surface area contributed by atoms with Crippen molar-refractivity contribution < 1.29 is 4.74 Å². The maximum absolute atomic E-state index is 5.09. The Labute approximate surface area is 97.4 Å². The van der Waals surface area contributed by atoms with E-state index in [1.54, 1.807) is 13.3 Å². The zero-order chi connectivity index (χ0) is 12.0. The van der Waals surface area contributed by atoms with Gasteiger partial charge in [0.05, 0.1) is 6.20 Å². The highest BCUT2D eigenvalue weighted by molar-refractivity contribution is 5.35. The fourth-order valence-corrected chi connectivity index (χ4v) is 1.35. The van der Waals surface area contributed by atoms with Crippen LogP contribution in [0.2, 0.25) is 0 Å². The standard InChI is InChI=1S/C12H21N3O/c1-10-7-11(15-14-8-10)13-9-12(2,3)5-6-16-4/h7-8H,5-6,9H2,1-4H3,(H,13,15). The molecule has 1 aromatic heterocycles. The molecule has 90 valence electrons. The Balaban J connectivity index is 2.44. The number of nitrogens with one attached hydrogen (secondary N) is 1. The number of anilines is 1. The van der Waals surface area contributed by atoms with Crippen LogP contribution in [0, 0.1) is 12.3 Å². The van der Waals surface area contributed by atoms with Gasteiger partial charge >= 0.3 is 0 Å². The smallest absolute Gasteiger partial charge is 0.148 e. The molecule has 0 atom stereocenters. The summed E-state index contributed by atoms with van der Waals surface area (Å²) in [5.74, 6) is 0.838. The first-order valence-electron chi connectivity index (χ1n) is 5.56. The summed E-state index contributed by atoms with van der Waals surface area (Å²) in [5.41, 5.74) is 1.31. The van der Waals surface area contributed by atoms with Crippen molar-refractivity contribution in [1.29, 1.82) is 0 Å². The number of rotatable bonds is 6. The minimum atomic E-state index is 0.196. The second-order valence-electron chi connectivity index (χ2n) is 4.88. The van der Waals surface area contributed by atoms with Crippen molar-refractivity contribution in [3.63, 3.8) is 0 Å². The number of ether oxygens (including phenoxy) is 1. The molecule has 1 rings (SSSR count). The molecule has 1 N–H and O–H groups in total. The van der Waals surface area contributed by atoms with Gasteiger partial charge in [0.1, 0.15) is 5.82 Å². The van der Waals surface area contributed by atoms with E-state index in [2.05, 4.69) is 29.4 Å². The van der Waals surface area contributed by atoms with Crippen LogP contribution >= 0.6 is 0 Å². The highest BCUT2D eigenvalue weighted by atomic mass is 16.5. The van der Waals surface area contributed by atoms with E-state index in [1.807, 2.05) is 13.0 Å². The first kappa shape index (κ1) is 12.9. The summed E-state index contributed by atoms with van der Waals surface area (Å²) >= 11 is 0. The first-order chi connectivity index (χ1) is 7.53. The molecular weight excluding hydrogens is 202 g/mol. The molecular formula is C12H21N3O. The van der Waals surface area contributed by atoms with Crippen LogP contribution < -0.4 is 5.32 Å². The number of hydrogen-bond donors (Lipinski definition) is 1. The van der Waals surface area contributed by atoms with Gasteiger partial charge < -0.3 is 10.1 Å². The van der Waals surface area contributed by atoms with Crippen molar-refractivity contribution in [2.75, 3.05) is 25.6 Å². The molecule has 16 heavy (non-hydrogen) atoms. The maximum Gasteiger partial charge on any atom is 0.148 e. The Morgan fingerprint density at radius 3 is 2.81 bits per heavy atom. The van der Waals surface area contributed by atoms with Crippen molar-refractivity contribution in [3.05, 3.63) is 17.8 Å². The Kier molecular flexibility index (Phi) is 4.68. The Morgan fingerprint density at radius 2 is 2.19 bits per heavy atom. The van der Waals surface area contributed by atoms with Gasteiger partial charge in [0.15, 0.2) is 0 Å². The van der Waals surface area contributed by atoms with Gasteiger partial charge in [0.2, 0.25) is 0 Å². The first-order valence-corrected chi connectivity index (χ1v) is 5.56. The summed E-state index contributed by atoms with van der Waals surface area (Å²) in [6.45, 7) is 8.09. The SMILES string of the molecule is COCCC(C)(C)CNc1cc(C)cnn1. The fourth-order valence-electron chi connectivity index (χ4n) is 1.35. The number of aromatic nitrogens is 2. The summed E-state index contributed by atoms with van der Waals surface area (Å²) in [5, 5.41) is 11.2. The molecule has 0 aliphatic heterocycles. The highest BCUT2D eigenvalue weighted by Crippen LogP contribution is 2.20. The second kappa shape index (κ2) is 5.80. The van der Waals surface area contributed by atoms with Gasteiger partial charge in [-0.1, -0.05) is 13.8 Å². The quantitative estimate of drug-likeness (QED) is 0.803. The third kappa shape index (κ3) is 4.57. The summed E-state index contributed by atoms with van der Waals surface area (Å²) in [6.07, 6.45) is 2.77. The molecule has 0 radical (unpaired) electrons. The molecule has 0 amide bonds. The minimum Gasteiger partial charge on any atom is -0.385 e. The van der Waals surface area contributed by atoms with E-state index >= 15 is 0 Å². The van der Waals surface area contributed by atoms with Crippen molar-refractivity contribution >= 4 is 5.82 Å². The monoisotopic (exact) mass is 223 g/mol. The number of hydrogen-bond acceptors (Lipinski definition) is 4. The van der Waals surface area contributed by atoms with Crippen LogP contribution in [0.1, 0.15) is 25.8 Å². The van der Waals surface area contributed by atoms with Crippen LogP contribution in [0.25, 0.3) is 0 Å². The van der Waals surface area contributed by atoms with Gasteiger partial charge in [-0.3, -0.25) is 0 Å². The third-order valence-electron chi connectivity index (χ3n) is 2.52. The van der Waals surface area contributed by atoms with Gasteiger partial charge in [-0.05, 0) is 30.4 Å². The van der Waals surface area contributed by atoms with E-state index in [0.29, 0.717) is 0 Å². The molecule has 4 nitrogen and oxygen atoms in total. The van der Waals surface area contributed by atoms with Crippen molar-refractivity contribution in [3.8, 4) is 0 Å². The summed E-state index contributed by atoms with van der Waals surface area (Å²) in [6, 6.07) is 2.00. The van der Waals surface area contributed by atoms with Gasteiger partial charge in [-0.25, -0.2) is 0 Å². The third-order valence-corrected chi connectivity index (χ3v) is 2.52. The normalized spacial score (nSPS) is 11.5. The topological polar surface area (TPSA) is 47.0 Å². The Hall–Kier alpha value is -1.16. The van der Waals surface area contributed by atoms with Crippen LogP contribution in [0.15, 0.2) is 12.3 Å². The lowest BCUT2D eigenvalue weighted by Gasteiger charge is -2.24. The number of aryl methyl sites for hydroxylation is 1. The van der Waals surface area contributed by atoms with Crippen molar-refractivity contribution in [2.24, 2.45) is 5.41 Å². The number of methoxy groups -OCH3 is 1. The zero-order valence-corrected chi connectivity index (χ0v) is 10.6. The van der Waals surface area contributed by atoms with Crippen LogP contribution in [-0.4, -0.2) is 30.5 Å². The molecule has 0 spiro atoms. The lowest BCUT2D eigenvalue weighted by atomic mass is 9.90. The zero-order valence-electron chi connectivity index (χ0n) is 10.6. The van der Waals surface area contributed by atoms with Crippen LogP contribution in [-0.2, 0) is 4.74 Å². The van der Waals surface area contributed by atoms with Crippen molar-refractivity contribution in [1.82, 2.24) is 10.2 Å². The molecule has 0 aromatic carbocycles. The minimum absolute atomic E-state index is 0.196. The Bertz CT molecular complexity index is 326. The molecule has 0 bridgehead atoms. The average Bonchev–Trinajstić information content (AvgIpc) is 2.24. The predicted octanol–water partition coefficient (Wildman–Crippen LogP) is 2.26. The summed E-state index contributed by atoms with van der Waals surface area (Å²) < 4.78 is 5.09. The van der Waals surface area contributed by atoms with E-state index < -0.39 is 0 Å². The lowest BCUT2D eigenvalue weighted by molar-refractivity contribution is 0.157. The molecule has 0 saturated carbocycles. The van der Waals surface area contributed by atoms with Gasteiger partial charge in [-0.15, -0.1) is 5.10 Å². The molecule has 0 saturated heterocycles. The molecule has 0 aliphatic rings. The molecule has 0 aliphatic carbocycles. The van der Waals surface area contributed by atoms with Crippen LogP contribution in [0.5, 0.6) is 0 Å². The molecule has 1 heterocycles. The molecule has 4 heteroatoms. The van der Waals surface area contributed by atoms with Gasteiger partial charge in [0.25, 0.3) is 0 Å². The molecule has 1 aromatic rings. The molecule has 0 fully saturated rings. The molecule has 0 unspecified atom stereocenters. The van der Waals surface area contributed by atoms with Gasteiger partial charge in [-0.2, -0.15) is 5.10 Å². The average molecular weight is 223 g/mol. The number of nitrogens with zero attached hydrogens (tertiary/aromatic N) is 2. The largest absolute Gasteiger partial charge is 0.385 e. The van der Waals surface area contributed by atoms with E-state index in [1.165, 1.54) is 0 Å². The lowest BCUT2D eigenvalue weighted by Crippen LogP contribution is -2.25. The van der Waals surface area contributed by atoms with E-state index in [4.69, 9.17) is 4.74 Å². The van der Waals surface area contributed by atoms with E-state index in [9.17, 15) is 0 Å². The van der Waals surface area contributed by atoms with Crippen LogP contribution in [0.4, 0.5) is 5.82 Å². The van der Waals surface area contributed by atoms with Crippen molar-refractivity contribution in [2.45, 2.75) is 27.2 Å². The maximum atomic E-state index is 5.09. The van der Waals surface area contributed by atoms with Crippen LogP contribution in [0.3, 0.4) is 0 Å². The second-order valence-corrected chi connectivity index (χ2v) is 4.88. The summed E-state index contributed by atoms with van der Waals surface area (Å²) in [4.78, 5) is 0. The highest BCUT2D eigenvalue weighted by Gasteiger charge is 2.17. The van der Waals surface area contributed by atoms with E-state index in [0.717, 1.165) is 31.0 Å². The van der Waals surface area contributed by atoms with Gasteiger partial charge in [0, 0.05) is 20.3 Å². The predicted molar refractivity (Wildman–Crippen MR) is 65.5 cm³/mol. The van der Waals surface area contributed by atoms with E-state index in [-0.39, 0.29) is 5.41 Å². The fraction of sp³-hybridized carbons (Fsp3) is 0.667.